The molecular weight excluding hydrogens is 1240 g/mol. The number of carboxylic acids is 1. The van der Waals surface area contributed by atoms with Gasteiger partial charge in [-0.25, -0.2) is 8.78 Å². The van der Waals surface area contributed by atoms with Crippen LogP contribution >= 0.6 is 0 Å². The molecule has 1 aliphatic heterocycles. The van der Waals surface area contributed by atoms with E-state index in [1.54, 1.807) is 67.2 Å². The van der Waals surface area contributed by atoms with Crippen LogP contribution in [-0.4, -0.2) is 279 Å². The van der Waals surface area contributed by atoms with Crippen molar-refractivity contribution in [1.82, 2.24) is 35.6 Å². The highest BCUT2D eigenvalue weighted by atomic mass is 19.2. The number of carbonyl (C=O) groups excluding carboxylic acids is 7. The van der Waals surface area contributed by atoms with Gasteiger partial charge in [0.25, 0.3) is 0 Å². The Balaban J connectivity index is 1.89. The number of unbranched alkanes of at least 4 members (excludes halogenated alkanes) is 1. The molecule has 3 amide bonds. The zero-order valence-corrected chi connectivity index (χ0v) is 56.1. The summed E-state index contributed by atoms with van der Waals surface area (Å²) in [5.74, 6) is -13.5. The number of carboxylic acid groups (broad SMARTS) is 1. The molecule has 0 saturated carbocycles. The molecule has 0 aromatic heterocycles. The second-order valence-electron chi connectivity index (χ2n) is 24.7. The number of nitrogens with zero attached hydrogens (tertiary/aromatic N) is 4. The van der Waals surface area contributed by atoms with Crippen LogP contribution in [0.4, 0.5) is 17.6 Å². The SMILES string of the molecule is COCCOCCNC(=O)[C@@H](CCCCNC(=O)CCC(C(=O)O)N1CCN(CC(=O)OC(C)(C)C)CCN(CC(=O)OC(C)(C)C)CCN(CC(=O)OC(C)(C)C)CC1)NC(=O)CCOCCOCCOCCOCCOCCC(=O)Oc1c(F)c(F)cc(F)c1F. The minimum absolute atomic E-state index is 0.00427. The number of rotatable bonds is 43. The minimum Gasteiger partial charge on any atom is -0.480 e. The smallest absolute Gasteiger partial charge is 0.320 e. The molecule has 1 saturated heterocycles. The van der Waals surface area contributed by atoms with Crippen LogP contribution in [-0.2, 0) is 85.7 Å². The Hall–Kier alpha value is -5.74. The highest BCUT2D eigenvalue weighted by Gasteiger charge is 2.31. The minimum atomic E-state index is -1.83. The summed E-state index contributed by atoms with van der Waals surface area (Å²) in [6.07, 6.45) is 0.342. The molecule has 0 radical (unpaired) electrons. The summed E-state index contributed by atoms with van der Waals surface area (Å²) in [5, 5.41) is 19.1. The Morgan fingerprint density at radius 2 is 0.892 bits per heavy atom. The van der Waals surface area contributed by atoms with Gasteiger partial charge < -0.3 is 73.2 Å². The van der Waals surface area contributed by atoms with Gasteiger partial charge in [0.15, 0.2) is 11.6 Å². The van der Waals surface area contributed by atoms with Crippen molar-refractivity contribution in [3.05, 3.63) is 29.3 Å². The number of halogens is 4. The van der Waals surface area contributed by atoms with Crippen LogP contribution in [0, 0.1) is 23.3 Å². The fourth-order valence-corrected chi connectivity index (χ4v) is 8.78. The normalized spacial score (nSPS) is 15.1. The van der Waals surface area contributed by atoms with E-state index < -0.39 is 112 Å². The van der Waals surface area contributed by atoms with Crippen molar-refractivity contribution in [2.24, 2.45) is 0 Å². The monoisotopic (exact) mass is 1340 g/mol. The van der Waals surface area contributed by atoms with E-state index in [4.69, 9.17) is 47.4 Å². The number of esters is 4. The first-order valence-corrected chi connectivity index (χ1v) is 31.5. The van der Waals surface area contributed by atoms with Crippen molar-refractivity contribution in [3.8, 4) is 5.75 Å². The summed E-state index contributed by atoms with van der Waals surface area (Å²) in [7, 11) is 1.54. The Bertz CT molecular complexity index is 2340. The van der Waals surface area contributed by atoms with Crippen molar-refractivity contribution in [3.63, 3.8) is 0 Å². The quantitative estimate of drug-likeness (QED) is 0.0182. The van der Waals surface area contributed by atoms with Gasteiger partial charge in [0, 0.05) is 91.5 Å². The van der Waals surface area contributed by atoms with Gasteiger partial charge in [-0.15, -0.1) is 0 Å². The molecule has 31 heteroatoms. The summed E-state index contributed by atoms with van der Waals surface area (Å²) in [4.78, 5) is 111. The summed E-state index contributed by atoms with van der Waals surface area (Å²) in [6, 6.07) is -2.06. The first kappa shape index (κ1) is 83.4. The molecule has 0 aliphatic carbocycles. The fourth-order valence-electron chi connectivity index (χ4n) is 8.78. The topological polar surface area (TPSA) is 307 Å². The summed E-state index contributed by atoms with van der Waals surface area (Å²) < 4.78 is 113. The average Bonchev–Trinajstić information content (AvgIpc) is 0.882. The molecule has 1 aliphatic rings. The van der Waals surface area contributed by atoms with Gasteiger partial charge >= 0.3 is 29.8 Å². The van der Waals surface area contributed by atoms with Gasteiger partial charge in [-0.3, -0.25) is 58.0 Å². The highest BCUT2D eigenvalue weighted by Crippen LogP contribution is 2.27. The molecule has 0 bridgehead atoms. The third kappa shape index (κ3) is 41.0. The van der Waals surface area contributed by atoms with E-state index >= 15 is 0 Å². The Kier molecular flexibility index (Phi) is 40.9. The number of benzene rings is 1. The maximum absolute atomic E-state index is 13.7. The number of hydrogen-bond acceptors (Lipinski definition) is 23. The number of hydrogen-bond donors (Lipinski definition) is 4. The Labute approximate surface area is 544 Å². The molecule has 0 spiro atoms. The van der Waals surface area contributed by atoms with Gasteiger partial charge in [0.2, 0.25) is 35.1 Å². The van der Waals surface area contributed by atoms with E-state index in [-0.39, 0.29) is 163 Å². The van der Waals surface area contributed by atoms with Crippen molar-refractivity contribution in [2.75, 3.05) is 178 Å². The first-order chi connectivity index (χ1) is 43.9. The van der Waals surface area contributed by atoms with Crippen LogP contribution in [0.5, 0.6) is 5.75 Å². The number of amides is 3. The summed E-state index contributed by atoms with van der Waals surface area (Å²) >= 11 is 0. The molecule has 4 N–H and O–H groups in total. The van der Waals surface area contributed by atoms with Crippen molar-refractivity contribution in [1.29, 1.82) is 0 Å². The highest BCUT2D eigenvalue weighted by molar-refractivity contribution is 5.87. The molecule has 1 aromatic carbocycles. The Morgan fingerprint density at radius 3 is 1.32 bits per heavy atom. The van der Waals surface area contributed by atoms with Crippen LogP contribution in [0.3, 0.4) is 0 Å². The van der Waals surface area contributed by atoms with E-state index in [9.17, 15) is 61.0 Å². The first-order valence-electron chi connectivity index (χ1n) is 31.5. The number of aliphatic carboxylic acids is 1. The number of methoxy groups -OCH3 is 1. The van der Waals surface area contributed by atoms with E-state index in [2.05, 4.69) is 20.7 Å². The van der Waals surface area contributed by atoms with E-state index in [0.717, 1.165) is 0 Å². The van der Waals surface area contributed by atoms with Gasteiger partial charge in [0.1, 0.15) is 28.9 Å². The maximum atomic E-state index is 13.7. The lowest BCUT2D eigenvalue weighted by atomic mass is 10.1. The largest absolute Gasteiger partial charge is 0.480 e. The van der Waals surface area contributed by atoms with Gasteiger partial charge in [0.05, 0.1) is 112 Å². The number of nitrogens with one attached hydrogen (secondary N) is 3. The number of carbonyl (C=O) groups is 8. The lowest BCUT2D eigenvalue weighted by Crippen LogP contribution is -2.52. The third-order valence-electron chi connectivity index (χ3n) is 13.1. The van der Waals surface area contributed by atoms with Crippen molar-refractivity contribution in [2.45, 2.75) is 136 Å². The zero-order valence-electron chi connectivity index (χ0n) is 56.1. The van der Waals surface area contributed by atoms with Crippen LogP contribution in [0.15, 0.2) is 6.07 Å². The van der Waals surface area contributed by atoms with Crippen LogP contribution in [0.1, 0.15) is 107 Å². The third-order valence-corrected chi connectivity index (χ3v) is 13.1. The van der Waals surface area contributed by atoms with Crippen LogP contribution in [0.2, 0.25) is 0 Å². The molecule has 1 unspecified atom stereocenters. The van der Waals surface area contributed by atoms with E-state index in [0.29, 0.717) is 52.2 Å². The van der Waals surface area contributed by atoms with Crippen molar-refractivity contribution >= 4 is 47.6 Å². The van der Waals surface area contributed by atoms with Gasteiger partial charge in [-0.1, -0.05) is 0 Å². The maximum Gasteiger partial charge on any atom is 0.320 e. The lowest BCUT2D eigenvalue weighted by molar-refractivity contribution is -0.158. The van der Waals surface area contributed by atoms with Gasteiger partial charge in [-0.05, 0) is 88.0 Å². The number of ether oxygens (including phenoxy) is 11. The molecule has 1 fully saturated rings. The van der Waals surface area contributed by atoms with Crippen LogP contribution in [0.25, 0.3) is 0 Å². The van der Waals surface area contributed by atoms with Crippen LogP contribution < -0.4 is 20.7 Å². The molecule has 2 atom stereocenters. The second kappa shape index (κ2) is 45.6. The molecular formula is C62H103F4N7O20. The standard InChI is InChI=1S/C62H103F4N7O20/c1-60(2,3)91-52(77)42-70-20-22-71(43-53(78)92-61(4,5)6)24-26-73(27-25-72(23-21-70)44-54(79)93-62(7,8)9)48(59(81)82)14-15-49(74)67-18-12-11-13-47(58(80)68-19-30-86-32-31-83-10)69-50(75)16-28-84-33-35-87-37-39-89-40-38-88-36-34-85-29-17-51(76)90-57-55(65)45(63)41-46(64)56(57)66/h41,47-48H,11-40,42-44H2,1-10H3,(H,67,74)(H,68,80)(H,69,75)(H,81,82)/t47-,48?/m1/s1. The molecule has 2 rings (SSSR count). The zero-order chi connectivity index (χ0) is 69.4. The second-order valence-corrected chi connectivity index (χ2v) is 24.7. The summed E-state index contributed by atoms with van der Waals surface area (Å²) in [6.45, 7) is 20.2. The molecule has 1 heterocycles. The molecule has 27 nitrogen and oxygen atoms in total. The van der Waals surface area contributed by atoms with E-state index in [1.165, 1.54) is 7.11 Å². The molecule has 93 heavy (non-hydrogen) atoms. The molecule has 534 valence electrons. The predicted molar refractivity (Wildman–Crippen MR) is 329 cm³/mol. The van der Waals surface area contributed by atoms with Gasteiger partial charge in [-0.2, -0.15) is 8.78 Å². The Morgan fingerprint density at radius 1 is 0.484 bits per heavy atom. The molecule has 1 aromatic rings. The van der Waals surface area contributed by atoms with Crippen molar-refractivity contribution < 1.29 is 113 Å². The van der Waals surface area contributed by atoms with E-state index in [1.807, 2.05) is 14.7 Å². The predicted octanol–water partition coefficient (Wildman–Crippen LogP) is 3.04. The summed E-state index contributed by atoms with van der Waals surface area (Å²) in [5.41, 5.74) is -2.25. The fraction of sp³-hybridized carbons (Fsp3) is 0.774. The average molecular weight is 1340 g/mol. The lowest BCUT2D eigenvalue weighted by Gasteiger charge is -2.36.